The monoisotopic (exact) mass is 450 g/mol. The van der Waals surface area contributed by atoms with Crippen molar-refractivity contribution >= 4 is 17.6 Å². The van der Waals surface area contributed by atoms with Crippen molar-refractivity contribution in [2.24, 2.45) is 7.05 Å². The van der Waals surface area contributed by atoms with Crippen molar-refractivity contribution in [3.8, 4) is 22.8 Å². The molecule has 0 bridgehead atoms. The van der Waals surface area contributed by atoms with Gasteiger partial charge >= 0.3 is 6.09 Å². The van der Waals surface area contributed by atoms with Crippen molar-refractivity contribution in [2.75, 3.05) is 18.1 Å². The average Bonchev–Trinajstić information content (AvgIpc) is 3.50. The minimum absolute atomic E-state index is 0.193. The second-order valence-electron chi connectivity index (χ2n) is 8.18. The Labute approximate surface area is 186 Å². The standard InChI is InChI=1S/C22H19FN6O4/c1-11-25-16(7-27(11)2)13-5-18-21(29-10-24-26-20(13)29)28(22(30)31)6-14-15(23)3-4-17-19(14)12(8-32-17)9-33-18/h3-5,7,10,12H,6,8-9H2,1-2H3,(H,30,31)/t12-/m0/s1. The number of anilines is 1. The molecule has 0 radical (unpaired) electrons. The molecule has 1 atom stereocenters. The average molecular weight is 450 g/mol. The molecule has 10 nitrogen and oxygen atoms in total. The molecule has 168 valence electrons. The maximum Gasteiger partial charge on any atom is 0.413 e. The van der Waals surface area contributed by atoms with Gasteiger partial charge < -0.3 is 19.1 Å². The van der Waals surface area contributed by atoms with Crippen LogP contribution in [0.15, 0.2) is 30.7 Å². The number of nitrogens with zero attached hydrogens (tertiary/aromatic N) is 6. The van der Waals surface area contributed by atoms with Gasteiger partial charge in [-0.3, -0.25) is 9.30 Å². The Morgan fingerprint density at radius 2 is 2.03 bits per heavy atom. The van der Waals surface area contributed by atoms with Crippen LogP contribution in [-0.4, -0.2) is 48.6 Å². The molecule has 0 spiro atoms. The highest BCUT2D eigenvalue weighted by Crippen LogP contribution is 2.43. The van der Waals surface area contributed by atoms with Crippen LogP contribution in [0.4, 0.5) is 15.0 Å². The highest BCUT2D eigenvalue weighted by molar-refractivity contribution is 5.90. The minimum Gasteiger partial charge on any atom is -0.493 e. The fraction of sp³-hybridized carbons (Fsp3) is 0.273. The summed E-state index contributed by atoms with van der Waals surface area (Å²) < 4.78 is 30.3. The lowest BCUT2D eigenvalue weighted by Crippen LogP contribution is -2.31. The van der Waals surface area contributed by atoms with Gasteiger partial charge in [0.2, 0.25) is 0 Å². The number of rotatable bonds is 1. The second kappa shape index (κ2) is 6.92. The Morgan fingerprint density at radius 1 is 1.24 bits per heavy atom. The predicted octanol–water partition coefficient (Wildman–Crippen LogP) is 3.13. The van der Waals surface area contributed by atoms with Gasteiger partial charge in [-0.2, -0.15) is 0 Å². The van der Waals surface area contributed by atoms with Gasteiger partial charge in [0.05, 0.1) is 36.9 Å². The Hall–Kier alpha value is -4.15. The van der Waals surface area contributed by atoms with E-state index in [1.165, 1.54) is 12.4 Å². The quantitative estimate of drug-likeness (QED) is 0.475. The zero-order chi connectivity index (χ0) is 22.9. The van der Waals surface area contributed by atoms with Crippen LogP contribution in [0.5, 0.6) is 11.5 Å². The van der Waals surface area contributed by atoms with Crippen molar-refractivity contribution in [2.45, 2.75) is 19.4 Å². The third-order valence-electron chi connectivity index (χ3n) is 6.25. The number of carbonyl (C=O) groups is 1. The van der Waals surface area contributed by atoms with Crippen molar-refractivity contribution in [1.29, 1.82) is 0 Å². The van der Waals surface area contributed by atoms with E-state index in [9.17, 15) is 14.3 Å². The summed E-state index contributed by atoms with van der Waals surface area (Å²) in [4.78, 5) is 18.1. The molecule has 0 unspecified atom stereocenters. The van der Waals surface area contributed by atoms with Crippen LogP contribution in [0.1, 0.15) is 22.9 Å². The van der Waals surface area contributed by atoms with Crippen molar-refractivity contribution in [1.82, 2.24) is 24.1 Å². The number of amides is 1. The number of carboxylic acid groups (broad SMARTS) is 1. The van der Waals surface area contributed by atoms with Gasteiger partial charge in [-0.15, -0.1) is 10.2 Å². The van der Waals surface area contributed by atoms with E-state index in [1.807, 2.05) is 24.7 Å². The Kier molecular flexibility index (Phi) is 4.10. The zero-order valence-corrected chi connectivity index (χ0v) is 17.8. The lowest BCUT2D eigenvalue weighted by molar-refractivity contribution is 0.200. The maximum absolute atomic E-state index is 14.9. The molecule has 2 aliphatic heterocycles. The largest absolute Gasteiger partial charge is 0.493 e. The van der Waals surface area contributed by atoms with Crippen LogP contribution >= 0.6 is 0 Å². The maximum atomic E-state index is 14.9. The lowest BCUT2D eigenvalue weighted by Gasteiger charge is -2.23. The molecule has 0 saturated heterocycles. The van der Waals surface area contributed by atoms with Gasteiger partial charge in [-0.05, 0) is 25.1 Å². The molecule has 5 heterocycles. The number of pyridine rings is 1. The van der Waals surface area contributed by atoms with Gasteiger partial charge in [-0.25, -0.2) is 14.2 Å². The molecule has 1 N–H and O–H groups in total. The molecule has 11 heteroatoms. The number of hydrogen-bond acceptors (Lipinski definition) is 6. The first kappa shape index (κ1) is 19.5. The molecule has 0 saturated carbocycles. The first-order valence-corrected chi connectivity index (χ1v) is 10.4. The van der Waals surface area contributed by atoms with Gasteiger partial charge in [0.1, 0.15) is 23.7 Å². The second-order valence-corrected chi connectivity index (χ2v) is 8.18. The summed E-state index contributed by atoms with van der Waals surface area (Å²) >= 11 is 0. The molecule has 33 heavy (non-hydrogen) atoms. The summed E-state index contributed by atoms with van der Waals surface area (Å²) in [6.45, 7) is 2.19. The SMILES string of the molecule is Cc1nc(-c2cc3c(n4cnnc24)N(C(=O)O)Cc2c(F)ccc4c2[C@@H](CO4)CO3)cn1C. The Morgan fingerprint density at radius 3 is 2.76 bits per heavy atom. The van der Waals surface area contributed by atoms with E-state index < -0.39 is 11.9 Å². The third-order valence-corrected chi connectivity index (χ3v) is 6.25. The van der Waals surface area contributed by atoms with Crippen LogP contribution in [0.25, 0.3) is 16.9 Å². The summed E-state index contributed by atoms with van der Waals surface area (Å²) in [6, 6.07) is 4.60. The summed E-state index contributed by atoms with van der Waals surface area (Å²) in [7, 11) is 1.89. The van der Waals surface area contributed by atoms with Crippen molar-refractivity contribution in [3.63, 3.8) is 0 Å². The van der Waals surface area contributed by atoms with Crippen LogP contribution in [0.2, 0.25) is 0 Å². The van der Waals surface area contributed by atoms with Gasteiger partial charge in [-0.1, -0.05) is 0 Å². The molecule has 0 fully saturated rings. The fourth-order valence-corrected chi connectivity index (χ4v) is 4.54. The Balaban J connectivity index is 1.61. The van der Waals surface area contributed by atoms with E-state index in [1.54, 1.807) is 16.5 Å². The number of benzene rings is 1. The number of fused-ring (bicyclic) bond motifs is 3. The topological polar surface area (TPSA) is 107 Å². The first-order valence-electron chi connectivity index (χ1n) is 10.4. The van der Waals surface area contributed by atoms with Crippen molar-refractivity contribution < 1.29 is 23.8 Å². The molecule has 6 rings (SSSR count). The van der Waals surface area contributed by atoms with Crippen LogP contribution in [-0.2, 0) is 13.6 Å². The summed E-state index contributed by atoms with van der Waals surface area (Å²) in [5.41, 5.74) is 2.64. The molecule has 1 amide bonds. The van der Waals surface area contributed by atoms with E-state index in [4.69, 9.17) is 9.47 Å². The summed E-state index contributed by atoms with van der Waals surface area (Å²) in [6.07, 6.45) is 2.02. The molecule has 0 aliphatic carbocycles. The number of halogens is 1. The van der Waals surface area contributed by atoms with Gasteiger partial charge in [0.15, 0.2) is 17.2 Å². The molecule has 3 aromatic heterocycles. The smallest absolute Gasteiger partial charge is 0.413 e. The van der Waals surface area contributed by atoms with Crippen LogP contribution < -0.4 is 14.4 Å². The number of imidazole rings is 1. The van der Waals surface area contributed by atoms with E-state index in [0.29, 0.717) is 40.6 Å². The molecular weight excluding hydrogens is 431 g/mol. The third kappa shape index (κ3) is 2.85. The summed E-state index contributed by atoms with van der Waals surface area (Å²) in [5, 5.41) is 18.3. The number of aryl methyl sites for hydroxylation is 2. The van der Waals surface area contributed by atoms with E-state index in [2.05, 4.69) is 15.2 Å². The normalized spacial score (nSPS) is 16.9. The molecule has 1 aromatic carbocycles. The molecular formula is C22H19FN6O4. The van der Waals surface area contributed by atoms with E-state index in [-0.39, 0.29) is 30.5 Å². The van der Waals surface area contributed by atoms with Crippen LogP contribution in [0.3, 0.4) is 0 Å². The van der Waals surface area contributed by atoms with E-state index in [0.717, 1.165) is 10.7 Å². The summed E-state index contributed by atoms with van der Waals surface area (Å²) in [5.74, 6) is 1.15. The predicted molar refractivity (Wildman–Crippen MR) is 114 cm³/mol. The van der Waals surface area contributed by atoms with Gasteiger partial charge in [0.25, 0.3) is 0 Å². The molecule has 2 aliphatic rings. The number of hydrogen-bond donors (Lipinski definition) is 1. The minimum atomic E-state index is -1.26. The number of aromatic nitrogens is 5. The van der Waals surface area contributed by atoms with E-state index >= 15 is 0 Å². The molecule has 4 aromatic rings. The van der Waals surface area contributed by atoms with Gasteiger partial charge in [0, 0.05) is 24.4 Å². The van der Waals surface area contributed by atoms with Crippen molar-refractivity contribution in [3.05, 3.63) is 53.5 Å². The number of ether oxygens (including phenoxy) is 2. The fourth-order valence-electron chi connectivity index (χ4n) is 4.54. The highest BCUT2D eigenvalue weighted by atomic mass is 19.1. The first-order chi connectivity index (χ1) is 15.9. The Bertz CT molecular complexity index is 1430. The van der Waals surface area contributed by atoms with Crippen LogP contribution in [0, 0.1) is 12.7 Å². The zero-order valence-electron chi connectivity index (χ0n) is 17.8. The lowest BCUT2D eigenvalue weighted by atomic mass is 9.95. The highest BCUT2D eigenvalue weighted by Gasteiger charge is 2.35.